The summed E-state index contributed by atoms with van der Waals surface area (Å²) in [6.07, 6.45) is 6.10. The number of nitrogens with one attached hydrogen (secondary N) is 2. The largest absolute Gasteiger partial charge is 0.497 e. The highest BCUT2D eigenvalue weighted by atomic mass is 32.1. The summed E-state index contributed by atoms with van der Waals surface area (Å²) in [5.74, 6) is 0.819. The van der Waals surface area contributed by atoms with E-state index in [0.29, 0.717) is 23.7 Å². The first-order valence-electron chi connectivity index (χ1n) is 9.56. The van der Waals surface area contributed by atoms with Crippen LogP contribution in [0.2, 0.25) is 0 Å². The fourth-order valence-electron chi connectivity index (χ4n) is 4.67. The molecule has 2 fully saturated rings. The SMILES string of the molecule is COc1ccc(C(=O)NC2C[C@H]3CCC[C@H](C2)[NH+]3Cc2cccs2)cc1. The van der Waals surface area contributed by atoms with Gasteiger partial charge in [-0.3, -0.25) is 4.79 Å². The summed E-state index contributed by atoms with van der Waals surface area (Å²) < 4.78 is 5.17. The Bertz CT molecular complexity index is 715. The predicted octanol–water partition coefficient (Wildman–Crippen LogP) is 2.66. The Balaban J connectivity index is 1.39. The second-order valence-electron chi connectivity index (χ2n) is 7.53. The lowest BCUT2D eigenvalue weighted by atomic mass is 9.81. The van der Waals surface area contributed by atoms with Crippen LogP contribution in [-0.2, 0) is 6.54 Å². The first-order chi connectivity index (χ1) is 12.7. The van der Waals surface area contributed by atoms with Gasteiger partial charge in [-0.05, 0) is 55.0 Å². The van der Waals surface area contributed by atoms with Gasteiger partial charge in [0.25, 0.3) is 5.91 Å². The van der Waals surface area contributed by atoms with Gasteiger partial charge in [0, 0.05) is 24.4 Å². The smallest absolute Gasteiger partial charge is 0.251 e. The summed E-state index contributed by atoms with van der Waals surface area (Å²) in [6.45, 7) is 1.14. The molecule has 26 heavy (non-hydrogen) atoms. The number of thiophene rings is 1. The van der Waals surface area contributed by atoms with Crippen molar-refractivity contribution in [3.63, 3.8) is 0 Å². The number of carbonyl (C=O) groups excluding carboxylic acids is 1. The average Bonchev–Trinajstić information content (AvgIpc) is 3.15. The number of benzene rings is 1. The van der Waals surface area contributed by atoms with E-state index < -0.39 is 0 Å². The molecule has 1 aromatic carbocycles. The summed E-state index contributed by atoms with van der Waals surface area (Å²) in [6, 6.07) is 13.4. The van der Waals surface area contributed by atoms with Gasteiger partial charge in [-0.2, -0.15) is 0 Å². The van der Waals surface area contributed by atoms with E-state index in [0.717, 1.165) is 25.1 Å². The van der Waals surface area contributed by atoms with E-state index in [-0.39, 0.29) is 5.91 Å². The van der Waals surface area contributed by atoms with E-state index >= 15 is 0 Å². The number of carbonyl (C=O) groups is 1. The first-order valence-corrected chi connectivity index (χ1v) is 10.4. The normalized spacial score (nSPS) is 27.7. The Morgan fingerprint density at radius 1 is 1.19 bits per heavy atom. The van der Waals surface area contributed by atoms with Gasteiger partial charge >= 0.3 is 0 Å². The van der Waals surface area contributed by atoms with Crippen LogP contribution in [0.4, 0.5) is 0 Å². The molecule has 0 spiro atoms. The third-order valence-electron chi connectivity index (χ3n) is 5.94. The molecule has 0 radical (unpaired) electrons. The number of amides is 1. The highest BCUT2D eigenvalue weighted by Crippen LogP contribution is 2.24. The molecule has 0 unspecified atom stereocenters. The molecule has 2 N–H and O–H groups in total. The minimum Gasteiger partial charge on any atom is -0.497 e. The highest BCUT2D eigenvalue weighted by Gasteiger charge is 2.42. The van der Waals surface area contributed by atoms with Crippen LogP contribution in [0.15, 0.2) is 41.8 Å². The Labute approximate surface area is 159 Å². The quantitative estimate of drug-likeness (QED) is 0.849. The van der Waals surface area contributed by atoms with Crippen molar-refractivity contribution in [3.05, 3.63) is 52.2 Å². The molecule has 2 atom stereocenters. The molecule has 2 aromatic rings. The van der Waals surface area contributed by atoms with Gasteiger partial charge in [-0.1, -0.05) is 6.07 Å². The Hall–Kier alpha value is -1.85. The molecule has 3 heterocycles. The van der Waals surface area contributed by atoms with Crippen molar-refractivity contribution in [2.45, 2.75) is 56.8 Å². The number of rotatable bonds is 5. The number of methoxy groups -OCH3 is 1. The molecule has 2 aliphatic heterocycles. The lowest BCUT2D eigenvalue weighted by molar-refractivity contribution is -0.973. The first kappa shape index (κ1) is 17.6. The molecular formula is C21H27N2O2S+. The zero-order valence-electron chi connectivity index (χ0n) is 15.2. The minimum atomic E-state index is 0.0393. The van der Waals surface area contributed by atoms with Gasteiger partial charge in [0.05, 0.1) is 24.1 Å². The summed E-state index contributed by atoms with van der Waals surface area (Å²) in [4.78, 5) is 15.8. The van der Waals surface area contributed by atoms with Gasteiger partial charge in [-0.15, -0.1) is 11.3 Å². The molecule has 0 aliphatic carbocycles. The minimum absolute atomic E-state index is 0.0393. The number of hydrogen-bond donors (Lipinski definition) is 2. The lowest BCUT2D eigenvalue weighted by Crippen LogP contribution is -3.20. The fraction of sp³-hybridized carbons (Fsp3) is 0.476. The van der Waals surface area contributed by atoms with E-state index in [1.165, 1.54) is 24.1 Å². The molecule has 4 rings (SSSR count). The molecule has 1 aromatic heterocycles. The maximum atomic E-state index is 12.6. The Morgan fingerprint density at radius 3 is 2.54 bits per heavy atom. The van der Waals surface area contributed by atoms with Crippen molar-refractivity contribution in [2.24, 2.45) is 0 Å². The average molecular weight is 372 g/mol. The van der Waals surface area contributed by atoms with E-state index in [4.69, 9.17) is 4.74 Å². The Morgan fingerprint density at radius 2 is 1.92 bits per heavy atom. The van der Waals surface area contributed by atoms with Crippen LogP contribution in [0.25, 0.3) is 0 Å². The number of piperidine rings is 2. The zero-order chi connectivity index (χ0) is 17.9. The zero-order valence-corrected chi connectivity index (χ0v) is 16.1. The molecule has 2 saturated heterocycles. The predicted molar refractivity (Wildman–Crippen MR) is 104 cm³/mol. The molecule has 138 valence electrons. The summed E-state index contributed by atoms with van der Waals surface area (Å²) in [5.41, 5.74) is 0.712. The van der Waals surface area contributed by atoms with Crippen molar-refractivity contribution >= 4 is 17.2 Å². The van der Waals surface area contributed by atoms with Gasteiger partial charge < -0.3 is 15.0 Å². The third-order valence-corrected chi connectivity index (χ3v) is 6.81. The second-order valence-corrected chi connectivity index (χ2v) is 8.56. The summed E-state index contributed by atoms with van der Waals surface area (Å²) in [7, 11) is 1.64. The topological polar surface area (TPSA) is 42.8 Å². The monoisotopic (exact) mass is 371 g/mol. The molecule has 4 nitrogen and oxygen atoms in total. The Kier molecular flexibility index (Phi) is 5.27. The van der Waals surface area contributed by atoms with Crippen LogP contribution >= 0.6 is 11.3 Å². The maximum Gasteiger partial charge on any atom is 0.251 e. The van der Waals surface area contributed by atoms with E-state index in [1.54, 1.807) is 12.0 Å². The lowest BCUT2D eigenvalue weighted by Gasteiger charge is -2.45. The molecule has 5 heteroatoms. The molecule has 0 saturated carbocycles. The van der Waals surface area contributed by atoms with E-state index in [2.05, 4.69) is 22.8 Å². The molecular weight excluding hydrogens is 344 g/mol. The van der Waals surface area contributed by atoms with Crippen molar-refractivity contribution in [3.8, 4) is 5.75 Å². The van der Waals surface area contributed by atoms with Crippen molar-refractivity contribution < 1.29 is 14.4 Å². The van der Waals surface area contributed by atoms with Crippen LogP contribution in [0.3, 0.4) is 0 Å². The van der Waals surface area contributed by atoms with Crippen LogP contribution in [0.1, 0.15) is 47.3 Å². The van der Waals surface area contributed by atoms with Gasteiger partial charge in [-0.25, -0.2) is 0 Å². The van der Waals surface area contributed by atoms with Crippen LogP contribution in [0.5, 0.6) is 5.75 Å². The van der Waals surface area contributed by atoms with Crippen molar-refractivity contribution in [1.82, 2.24) is 5.32 Å². The third kappa shape index (κ3) is 3.79. The number of quaternary nitrogens is 1. The fourth-order valence-corrected chi connectivity index (χ4v) is 5.41. The standard InChI is InChI=1S/C21H26N2O2S/c1-25-19-9-7-15(8-10-19)21(24)22-16-12-17-4-2-5-18(13-16)23(17)14-20-6-3-11-26-20/h3,6-11,16-18H,2,4-5,12-14H2,1H3,(H,22,24)/p+1/t17-,18-/m1/s1. The van der Waals surface area contributed by atoms with Gasteiger partial charge in [0.1, 0.15) is 12.3 Å². The summed E-state index contributed by atoms with van der Waals surface area (Å²) in [5, 5.41) is 5.46. The van der Waals surface area contributed by atoms with Crippen LogP contribution in [-0.4, -0.2) is 31.1 Å². The van der Waals surface area contributed by atoms with E-state index in [9.17, 15) is 4.79 Å². The second kappa shape index (κ2) is 7.80. The number of ether oxygens (including phenoxy) is 1. The van der Waals surface area contributed by atoms with Crippen molar-refractivity contribution in [1.29, 1.82) is 0 Å². The molecule has 2 bridgehead atoms. The summed E-state index contributed by atoms with van der Waals surface area (Å²) >= 11 is 1.87. The number of hydrogen-bond acceptors (Lipinski definition) is 3. The van der Waals surface area contributed by atoms with Crippen LogP contribution in [0, 0.1) is 0 Å². The highest BCUT2D eigenvalue weighted by molar-refractivity contribution is 7.09. The maximum absolute atomic E-state index is 12.6. The van der Waals surface area contributed by atoms with Crippen LogP contribution < -0.4 is 15.0 Å². The van der Waals surface area contributed by atoms with E-state index in [1.807, 2.05) is 35.6 Å². The van der Waals surface area contributed by atoms with Gasteiger partial charge in [0.2, 0.25) is 0 Å². The molecule has 2 aliphatic rings. The number of fused-ring (bicyclic) bond motifs is 2. The molecule has 1 amide bonds. The van der Waals surface area contributed by atoms with Gasteiger partial charge in [0.15, 0.2) is 0 Å². The van der Waals surface area contributed by atoms with Crippen molar-refractivity contribution in [2.75, 3.05) is 7.11 Å².